The number of ether oxygens (including phenoxy) is 1. The van der Waals surface area contributed by atoms with Crippen LogP contribution in [-0.4, -0.2) is 107 Å². The van der Waals surface area contributed by atoms with Crippen LogP contribution in [-0.2, 0) is 14.3 Å². The number of aliphatic carboxylic acids is 2. The Kier molecular flexibility index (Phi) is 7.97. The molecule has 11 nitrogen and oxygen atoms in total. The largest absolute Gasteiger partial charge is 0.478 e. The van der Waals surface area contributed by atoms with E-state index in [0.29, 0.717) is 18.8 Å². The van der Waals surface area contributed by atoms with Crippen molar-refractivity contribution in [1.82, 2.24) is 4.90 Å². The standard InChI is InChI=1S/C37H55NO10/c1-18-6-7-24-21(4)27-23(17-38(24)16-18)22-15-36-29(28(22)35(46,30(27)40)11-9-20(3)32(43)44)25(39)14-26-33(36,5)12-13-34(45,37(26,47)48-36)10-8-19(2)31(41)42/h8-9,18,21-30,39-40,45-47H,6-7,10-17H2,1-5H3,(H,41,42)(H,43,44)/t18-,21-,22-,23-,24-,25+,26?,27+,28?,29-,30+,33-,34-,35?,36?,37-/m0/s1. The molecule has 7 rings (SSSR count). The fraction of sp³-hybridized carbons (Fsp3) is 0.838. The highest BCUT2D eigenvalue weighted by Gasteiger charge is 2.85. The van der Waals surface area contributed by atoms with Crippen molar-refractivity contribution in [2.75, 3.05) is 13.1 Å². The number of hydrogen-bond donors (Lipinski definition) is 7. The Morgan fingerprint density at radius 3 is 2.19 bits per heavy atom. The number of piperidine rings is 2. The van der Waals surface area contributed by atoms with Crippen molar-refractivity contribution in [2.24, 2.45) is 52.8 Å². The molecular formula is C37H55NO10. The molecule has 0 aromatic heterocycles. The van der Waals surface area contributed by atoms with Crippen molar-refractivity contribution in [3.8, 4) is 0 Å². The fourth-order valence-corrected chi connectivity index (χ4v) is 12.9. The normalized spacial score (nSPS) is 54.6. The van der Waals surface area contributed by atoms with Crippen LogP contribution in [0.15, 0.2) is 23.3 Å². The van der Waals surface area contributed by atoms with Gasteiger partial charge in [-0.05, 0) is 88.4 Å². The van der Waals surface area contributed by atoms with Crippen LogP contribution >= 0.6 is 0 Å². The average Bonchev–Trinajstić information content (AvgIpc) is 3.41. The molecule has 11 heteroatoms. The molecule has 4 unspecified atom stereocenters. The third kappa shape index (κ3) is 4.37. The van der Waals surface area contributed by atoms with Crippen LogP contribution in [0.5, 0.6) is 0 Å². The SMILES string of the molecule is CC(=CCC1(O)C2[C@@H](CC34O[C@@]5(O)C(C[C@@H](O)[C@@H]23)[C@]4(C)CC[C@@]5(O)CC=C(C)C(=O)O)[C@@H]2CN3C[C@@H](C)CC[C@H]3[C@H](C)[C@H]2[C@H]1O)C(=O)O. The van der Waals surface area contributed by atoms with Gasteiger partial charge in [0.25, 0.3) is 0 Å². The van der Waals surface area contributed by atoms with Gasteiger partial charge in [0.1, 0.15) is 5.60 Å². The second-order valence-electron chi connectivity index (χ2n) is 17.4. The van der Waals surface area contributed by atoms with Gasteiger partial charge in [0.2, 0.25) is 0 Å². The Labute approximate surface area is 282 Å². The maximum atomic E-state index is 13.0. The van der Waals surface area contributed by atoms with Crippen molar-refractivity contribution < 1.29 is 50.1 Å². The number of hydrogen-bond acceptors (Lipinski definition) is 9. The van der Waals surface area contributed by atoms with E-state index in [1.54, 1.807) is 0 Å². The van der Waals surface area contributed by atoms with Gasteiger partial charge < -0.3 is 40.5 Å². The number of aliphatic hydroxyl groups excluding tert-OH is 2. The predicted octanol–water partition coefficient (Wildman–Crippen LogP) is 2.54. The lowest BCUT2D eigenvalue weighted by Gasteiger charge is -2.62. The van der Waals surface area contributed by atoms with Crippen molar-refractivity contribution in [2.45, 2.75) is 127 Å². The molecule has 16 atom stereocenters. The van der Waals surface area contributed by atoms with Crippen LogP contribution in [0, 0.1) is 52.8 Å². The molecule has 1 spiro atoms. The van der Waals surface area contributed by atoms with Gasteiger partial charge >= 0.3 is 11.9 Å². The molecule has 7 N–H and O–H groups in total. The van der Waals surface area contributed by atoms with Gasteiger partial charge in [-0.3, -0.25) is 4.90 Å². The lowest BCUT2D eigenvalue weighted by atomic mass is 9.47. The highest BCUT2D eigenvalue weighted by atomic mass is 16.7. The van der Waals surface area contributed by atoms with Gasteiger partial charge in [-0.25, -0.2) is 9.59 Å². The van der Waals surface area contributed by atoms with Gasteiger partial charge in [0.15, 0.2) is 5.79 Å². The van der Waals surface area contributed by atoms with Crippen LogP contribution in [0.4, 0.5) is 0 Å². The Morgan fingerprint density at radius 2 is 1.54 bits per heavy atom. The first kappa shape index (κ1) is 34.6. The molecule has 0 aromatic rings. The van der Waals surface area contributed by atoms with Crippen molar-refractivity contribution in [1.29, 1.82) is 0 Å². The molecule has 4 saturated carbocycles. The molecule has 4 aliphatic carbocycles. The fourth-order valence-electron chi connectivity index (χ4n) is 12.9. The van der Waals surface area contributed by atoms with E-state index in [1.807, 2.05) is 0 Å². The molecule has 48 heavy (non-hydrogen) atoms. The highest BCUT2D eigenvalue weighted by molar-refractivity contribution is 5.86. The van der Waals surface area contributed by atoms with Crippen LogP contribution in [0.2, 0.25) is 0 Å². The van der Waals surface area contributed by atoms with Gasteiger partial charge in [-0.15, -0.1) is 0 Å². The zero-order chi connectivity index (χ0) is 34.9. The molecule has 7 aliphatic rings. The molecule has 0 amide bonds. The van der Waals surface area contributed by atoms with Crippen LogP contribution in [0.3, 0.4) is 0 Å². The van der Waals surface area contributed by atoms with E-state index < -0.39 is 69.9 Å². The minimum atomic E-state index is -2.07. The maximum Gasteiger partial charge on any atom is 0.330 e. The molecular weight excluding hydrogens is 618 g/mol. The number of aliphatic hydroxyl groups is 5. The number of carboxylic acids is 2. The minimum absolute atomic E-state index is 0.0284. The topological polar surface area (TPSA) is 188 Å². The highest BCUT2D eigenvalue weighted by Crippen LogP contribution is 2.78. The van der Waals surface area contributed by atoms with Gasteiger partial charge in [-0.2, -0.15) is 0 Å². The number of carboxylic acid groups (broad SMARTS) is 2. The van der Waals surface area contributed by atoms with E-state index in [4.69, 9.17) is 4.74 Å². The number of nitrogens with zero attached hydrogens (tertiary/aromatic N) is 1. The Hall–Kier alpha value is -1.86. The van der Waals surface area contributed by atoms with Crippen LogP contribution in [0.25, 0.3) is 0 Å². The minimum Gasteiger partial charge on any atom is -0.478 e. The Bertz CT molecular complexity index is 1430. The number of carbonyl (C=O) groups is 2. The first-order chi connectivity index (χ1) is 22.3. The molecule has 3 aliphatic heterocycles. The molecule has 0 radical (unpaired) electrons. The third-order valence-corrected chi connectivity index (χ3v) is 15.4. The Balaban J connectivity index is 1.35. The summed E-state index contributed by atoms with van der Waals surface area (Å²) in [5.41, 5.74) is -5.26. The molecule has 3 heterocycles. The first-order valence-electron chi connectivity index (χ1n) is 18.1. The van der Waals surface area contributed by atoms with E-state index in [-0.39, 0.29) is 66.5 Å². The first-order valence-corrected chi connectivity index (χ1v) is 18.1. The Morgan fingerprint density at radius 1 is 0.896 bits per heavy atom. The summed E-state index contributed by atoms with van der Waals surface area (Å²) in [6.45, 7) is 11.1. The molecule has 4 bridgehead atoms. The summed E-state index contributed by atoms with van der Waals surface area (Å²) in [7, 11) is 0. The summed E-state index contributed by atoms with van der Waals surface area (Å²) in [6.07, 6.45) is 3.78. The second kappa shape index (κ2) is 11.1. The summed E-state index contributed by atoms with van der Waals surface area (Å²) in [5, 5.41) is 81.4. The van der Waals surface area contributed by atoms with E-state index in [2.05, 4.69) is 25.7 Å². The van der Waals surface area contributed by atoms with E-state index in [1.165, 1.54) is 26.0 Å². The van der Waals surface area contributed by atoms with E-state index in [9.17, 15) is 45.3 Å². The molecule has 268 valence electrons. The number of fused-ring (bicyclic) bond motifs is 5. The van der Waals surface area contributed by atoms with Crippen molar-refractivity contribution in [3.05, 3.63) is 23.3 Å². The lowest BCUT2D eigenvalue weighted by Crippen LogP contribution is -2.70. The number of rotatable bonds is 6. The smallest absolute Gasteiger partial charge is 0.330 e. The maximum absolute atomic E-state index is 13.0. The summed E-state index contributed by atoms with van der Waals surface area (Å²) in [6, 6.07) is 0.267. The zero-order valence-corrected chi connectivity index (χ0v) is 28.9. The predicted molar refractivity (Wildman–Crippen MR) is 173 cm³/mol. The quantitative estimate of drug-likeness (QED) is 0.205. The second-order valence-corrected chi connectivity index (χ2v) is 17.4. The summed E-state index contributed by atoms with van der Waals surface area (Å²) < 4.78 is 6.96. The third-order valence-electron chi connectivity index (χ3n) is 15.4. The van der Waals surface area contributed by atoms with E-state index >= 15 is 0 Å². The van der Waals surface area contributed by atoms with Gasteiger partial charge in [0, 0.05) is 59.9 Å². The van der Waals surface area contributed by atoms with Crippen LogP contribution in [0.1, 0.15) is 86.0 Å². The summed E-state index contributed by atoms with van der Waals surface area (Å²) in [4.78, 5) is 26.0. The summed E-state index contributed by atoms with van der Waals surface area (Å²) >= 11 is 0. The van der Waals surface area contributed by atoms with Gasteiger partial charge in [-0.1, -0.05) is 32.9 Å². The van der Waals surface area contributed by atoms with E-state index in [0.717, 1.165) is 25.9 Å². The molecule has 0 aromatic carbocycles. The summed E-state index contributed by atoms with van der Waals surface area (Å²) in [5.74, 6) is -6.15. The monoisotopic (exact) mass is 673 g/mol. The average molecular weight is 674 g/mol. The van der Waals surface area contributed by atoms with Crippen molar-refractivity contribution >= 4 is 11.9 Å². The zero-order valence-electron chi connectivity index (χ0n) is 28.9. The van der Waals surface area contributed by atoms with Gasteiger partial charge in [0.05, 0.1) is 23.4 Å². The van der Waals surface area contributed by atoms with Crippen LogP contribution < -0.4 is 0 Å². The molecule has 3 saturated heterocycles. The molecule has 7 fully saturated rings. The van der Waals surface area contributed by atoms with Crippen molar-refractivity contribution in [3.63, 3.8) is 0 Å². The lowest BCUT2D eigenvalue weighted by molar-refractivity contribution is -0.322.